The molecule has 38 heavy (non-hydrogen) atoms. The Morgan fingerprint density at radius 1 is 1.05 bits per heavy atom. The summed E-state index contributed by atoms with van der Waals surface area (Å²) in [7, 11) is 0. The van der Waals surface area contributed by atoms with Crippen molar-refractivity contribution < 1.29 is 18.0 Å². The molecule has 3 aliphatic rings. The van der Waals surface area contributed by atoms with Crippen molar-refractivity contribution in [2.45, 2.75) is 38.4 Å². The third-order valence-electron chi connectivity index (χ3n) is 6.60. The Morgan fingerprint density at radius 3 is 2.50 bits per heavy atom. The van der Waals surface area contributed by atoms with Crippen molar-refractivity contribution in [1.29, 1.82) is 0 Å². The number of halogens is 4. The minimum Gasteiger partial charge on any atom is -0.351 e. The summed E-state index contributed by atoms with van der Waals surface area (Å²) in [6.07, 6.45) is 3.87. The fourth-order valence-electron chi connectivity index (χ4n) is 4.65. The van der Waals surface area contributed by atoms with E-state index in [2.05, 4.69) is 20.3 Å². The van der Waals surface area contributed by atoms with Gasteiger partial charge in [-0.15, -0.1) is 0 Å². The first-order valence-corrected chi connectivity index (χ1v) is 13.8. The van der Waals surface area contributed by atoms with Gasteiger partial charge in [0, 0.05) is 23.5 Å². The van der Waals surface area contributed by atoms with E-state index in [4.69, 9.17) is 11.6 Å². The van der Waals surface area contributed by atoms with Crippen LogP contribution in [0, 0.1) is 0 Å². The molecule has 0 unspecified atom stereocenters. The van der Waals surface area contributed by atoms with E-state index in [-0.39, 0.29) is 23.0 Å². The van der Waals surface area contributed by atoms with Gasteiger partial charge in [-0.05, 0) is 92.0 Å². The van der Waals surface area contributed by atoms with Crippen LogP contribution < -0.4 is 5.32 Å². The van der Waals surface area contributed by atoms with E-state index >= 15 is 0 Å². The van der Waals surface area contributed by atoms with E-state index in [1.165, 1.54) is 54.5 Å². The third-order valence-corrected chi connectivity index (χ3v) is 7.88. The number of aromatic nitrogens is 2. The number of likely N-dealkylation sites (tertiary alicyclic amines) is 1. The second-order valence-electron chi connectivity index (χ2n) is 9.38. The molecule has 1 aromatic heterocycles. The topological polar surface area (TPSA) is 62.5 Å². The molecule has 6 nitrogen and oxygen atoms in total. The van der Waals surface area contributed by atoms with Crippen LogP contribution in [-0.2, 0) is 17.5 Å². The zero-order valence-corrected chi connectivity index (χ0v) is 22.2. The number of benzene rings is 2. The molecule has 1 amide bonds. The molecule has 0 saturated carbocycles. The molecule has 0 aliphatic carbocycles. The number of carbonyl (C=O) groups is 1. The van der Waals surface area contributed by atoms with Crippen LogP contribution in [0.4, 0.5) is 13.2 Å². The molecule has 0 bridgehead atoms. The zero-order valence-electron chi connectivity index (χ0n) is 20.6. The van der Waals surface area contributed by atoms with Gasteiger partial charge in [-0.1, -0.05) is 23.7 Å². The molecule has 200 valence electrons. The van der Waals surface area contributed by atoms with Crippen LogP contribution in [0.1, 0.15) is 42.4 Å². The normalized spacial score (nSPS) is 18.8. The molecule has 4 heterocycles. The van der Waals surface area contributed by atoms with Crippen LogP contribution in [0.5, 0.6) is 0 Å². The van der Waals surface area contributed by atoms with Gasteiger partial charge in [0.05, 0.1) is 28.7 Å². The number of rotatable bonds is 3. The SMILES string of the molecule is C1CCNC1.O=C1N=C(N2CCCC2)SC1=Cc1ccc2c(cnn2Cc2ccc(Cl)cc2C(F)(F)F)c1. The molecular formula is C27H27ClF3N5OS. The molecule has 2 aromatic carbocycles. The Kier molecular flexibility index (Phi) is 8.11. The highest BCUT2D eigenvalue weighted by Gasteiger charge is 2.33. The Balaban J connectivity index is 0.000000529. The summed E-state index contributed by atoms with van der Waals surface area (Å²) in [4.78, 5) is 19.2. The smallest absolute Gasteiger partial charge is 0.351 e. The first kappa shape index (κ1) is 26.8. The van der Waals surface area contributed by atoms with E-state index in [0.717, 1.165) is 48.1 Å². The second-order valence-corrected chi connectivity index (χ2v) is 10.8. The standard InChI is InChI=1S/C23H18ClF3N4OS.C4H9N/c24-17-5-4-15(18(11-17)23(25,26)27)13-31-19-6-3-14(9-16(19)12-28-31)10-20-21(32)29-22(33-20)30-7-1-2-8-30;1-2-4-5-3-1/h3-6,9-12H,1-2,7-8,13H2;5H,1-4H2. The summed E-state index contributed by atoms with van der Waals surface area (Å²) in [6, 6.07) is 9.23. The van der Waals surface area contributed by atoms with Crippen molar-refractivity contribution in [2.24, 2.45) is 4.99 Å². The number of nitrogens with one attached hydrogen (secondary N) is 1. The molecule has 3 aliphatic heterocycles. The number of hydrogen-bond acceptors (Lipinski definition) is 5. The van der Waals surface area contributed by atoms with E-state index in [1.807, 2.05) is 12.1 Å². The second kappa shape index (κ2) is 11.5. The number of alkyl halides is 3. The highest BCUT2D eigenvalue weighted by atomic mass is 35.5. The van der Waals surface area contributed by atoms with Gasteiger partial charge in [-0.3, -0.25) is 9.48 Å². The van der Waals surface area contributed by atoms with Gasteiger partial charge in [0.25, 0.3) is 5.91 Å². The molecule has 2 fully saturated rings. The predicted molar refractivity (Wildman–Crippen MR) is 146 cm³/mol. The van der Waals surface area contributed by atoms with Crippen molar-refractivity contribution in [3.05, 3.63) is 69.2 Å². The summed E-state index contributed by atoms with van der Waals surface area (Å²) < 4.78 is 41.8. The zero-order chi connectivity index (χ0) is 26.7. The van der Waals surface area contributed by atoms with Gasteiger partial charge >= 0.3 is 6.18 Å². The maximum atomic E-state index is 13.4. The average molecular weight is 562 g/mol. The summed E-state index contributed by atoms with van der Waals surface area (Å²) >= 11 is 7.16. The van der Waals surface area contributed by atoms with E-state index in [0.29, 0.717) is 10.4 Å². The number of hydrogen-bond donors (Lipinski definition) is 1. The predicted octanol–water partition coefficient (Wildman–Crippen LogP) is 6.19. The maximum Gasteiger partial charge on any atom is 0.416 e. The maximum absolute atomic E-state index is 13.4. The van der Waals surface area contributed by atoms with E-state index in [9.17, 15) is 18.0 Å². The fraction of sp³-hybridized carbons (Fsp3) is 0.370. The quantitative estimate of drug-likeness (QED) is 0.386. The molecule has 2 saturated heterocycles. The number of thioether (sulfide) groups is 1. The summed E-state index contributed by atoms with van der Waals surface area (Å²) in [5, 5.41) is 9.06. The number of carbonyl (C=O) groups excluding carboxylic acids is 1. The Morgan fingerprint density at radius 2 is 1.82 bits per heavy atom. The monoisotopic (exact) mass is 561 g/mol. The third kappa shape index (κ3) is 6.24. The van der Waals surface area contributed by atoms with Gasteiger partial charge in [-0.2, -0.15) is 23.3 Å². The molecular weight excluding hydrogens is 535 g/mol. The summed E-state index contributed by atoms with van der Waals surface area (Å²) in [5.74, 6) is -0.250. The van der Waals surface area contributed by atoms with Gasteiger partial charge in [0.15, 0.2) is 5.17 Å². The van der Waals surface area contributed by atoms with Crippen molar-refractivity contribution >= 4 is 51.4 Å². The van der Waals surface area contributed by atoms with Crippen molar-refractivity contribution in [1.82, 2.24) is 20.0 Å². The Bertz CT molecular complexity index is 1380. The number of amidine groups is 1. The Labute approximate surface area is 227 Å². The number of aliphatic imine (C=N–C) groups is 1. The summed E-state index contributed by atoms with van der Waals surface area (Å²) in [5.41, 5.74) is 0.811. The van der Waals surface area contributed by atoms with Gasteiger partial charge in [-0.25, -0.2) is 0 Å². The number of amides is 1. The average Bonchev–Trinajstić information content (AvgIpc) is 3.70. The van der Waals surface area contributed by atoms with E-state index < -0.39 is 11.7 Å². The van der Waals surface area contributed by atoms with Crippen LogP contribution in [0.15, 0.2) is 52.5 Å². The fourth-order valence-corrected chi connectivity index (χ4v) is 5.79. The largest absolute Gasteiger partial charge is 0.416 e. The Hall–Kier alpha value is -2.82. The molecule has 0 atom stereocenters. The minimum absolute atomic E-state index is 0.0327. The molecule has 0 radical (unpaired) electrons. The minimum atomic E-state index is -4.51. The highest BCUT2D eigenvalue weighted by Crippen LogP contribution is 2.35. The van der Waals surface area contributed by atoms with Crippen LogP contribution >= 0.6 is 23.4 Å². The summed E-state index contributed by atoms with van der Waals surface area (Å²) in [6.45, 7) is 4.29. The van der Waals surface area contributed by atoms with Crippen molar-refractivity contribution in [3.63, 3.8) is 0 Å². The van der Waals surface area contributed by atoms with Gasteiger partial charge in [0.1, 0.15) is 0 Å². The number of fused-ring (bicyclic) bond motifs is 1. The first-order chi connectivity index (χ1) is 18.3. The molecule has 11 heteroatoms. The van der Waals surface area contributed by atoms with Crippen molar-refractivity contribution in [2.75, 3.05) is 26.2 Å². The van der Waals surface area contributed by atoms with Crippen LogP contribution in [0.3, 0.4) is 0 Å². The highest BCUT2D eigenvalue weighted by molar-refractivity contribution is 8.18. The van der Waals surface area contributed by atoms with E-state index in [1.54, 1.807) is 18.3 Å². The van der Waals surface area contributed by atoms with Gasteiger partial charge < -0.3 is 10.2 Å². The lowest BCUT2D eigenvalue weighted by atomic mass is 10.1. The van der Waals surface area contributed by atoms with Crippen LogP contribution in [-0.4, -0.2) is 51.9 Å². The molecule has 6 rings (SSSR count). The molecule has 3 aromatic rings. The van der Waals surface area contributed by atoms with Gasteiger partial charge in [0.2, 0.25) is 0 Å². The molecule has 0 spiro atoms. The van der Waals surface area contributed by atoms with Crippen LogP contribution in [0.2, 0.25) is 5.02 Å². The lowest BCUT2D eigenvalue weighted by molar-refractivity contribution is -0.138. The van der Waals surface area contributed by atoms with Crippen molar-refractivity contribution in [3.8, 4) is 0 Å². The molecule has 1 N–H and O–H groups in total. The number of nitrogens with zero attached hydrogens (tertiary/aromatic N) is 4. The van der Waals surface area contributed by atoms with Crippen LogP contribution in [0.25, 0.3) is 17.0 Å². The first-order valence-electron chi connectivity index (χ1n) is 12.6. The lowest BCUT2D eigenvalue weighted by Gasteiger charge is -2.14. The lowest BCUT2D eigenvalue weighted by Crippen LogP contribution is -2.23.